The maximum absolute atomic E-state index is 3.20. The van der Waals surface area contributed by atoms with Crippen LogP contribution in [-0.2, 0) is 21.7 Å². The Kier molecular flexibility index (Phi) is 17.0. The van der Waals surface area contributed by atoms with E-state index in [0.717, 1.165) is 6.42 Å². The summed E-state index contributed by atoms with van der Waals surface area (Å²) >= 11 is 0. The van der Waals surface area contributed by atoms with Crippen molar-refractivity contribution in [2.24, 2.45) is 0 Å². The predicted octanol–water partition coefficient (Wildman–Crippen LogP) is 4.36. The molecule has 0 nitrogen and oxygen atoms in total. The third-order valence-corrected chi connectivity index (χ3v) is 3.04. The van der Waals surface area contributed by atoms with E-state index >= 15 is 0 Å². The fourth-order valence-electron chi connectivity index (χ4n) is 1.23. The van der Waals surface area contributed by atoms with Gasteiger partial charge >= 0.3 is 21.7 Å². The molecule has 0 heterocycles. The molecule has 0 spiro atoms. The summed E-state index contributed by atoms with van der Waals surface area (Å²) in [6.07, 6.45) is 8.56. The minimum absolute atomic E-state index is 0. The van der Waals surface area contributed by atoms with Gasteiger partial charge in [-0.25, -0.2) is 12.2 Å². The van der Waals surface area contributed by atoms with Gasteiger partial charge in [0.25, 0.3) is 0 Å². The van der Waals surface area contributed by atoms with Gasteiger partial charge in [0.15, 0.2) is 0 Å². The van der Waals surface area contributed by atoms with E-state index in [9.17, 15) is 0 Å². The van der Waals surface area contributed by atoms with Crippen molar-refractivity contribution in [1.29, 1.82) is 0 Å². The zero-order valence-corrected chi connectivity index (χ0v) is 13.1. The van der Waals surface area contributed by atoms with Crippen LogP contribution < -0.4 is 0 Å². The van der Waals surface area contributed by atoms with Gasteiger partial charge < -0.3 is 22.3 Å². The van der Waals surface area contributed by atoms with Crippen LogP contribution in [-0.4, -0.2) is 8.07 Å². The van der Waals surface area contributed by atoms with Gasteiger partial charge in [-0.1, -0.05) is 25.7 Å². The summed E-state index contributed by atoms with van der Waals surface area (Å²) in [5.74, 6) is 0. The van der Waals surface area contributed by atoms with Crippen LogP contribution >= 0.6 is 0 Å². The Morgan fingerprint density at radius 3 is 2.00 bits per heavy atom. The van der Waals surface area contributed by atoms with Crippen LogP contribution in [0.1, 0.15) is 6.42 Å². The van der Waals surface area contributed by atoms with Crippen molar-refractivity contribution in [3.63, 3.8) is 0 Å². The first-order valence-electron chi connectivity index (χ1n) is 3.82. The van der Waals surface area contributed by atoms with Crippen LogP contribution in [0.15, 0.2) is 17.7 Å². The molecule has 0 saturated carbocycles. The molecular formula is C12H24SiTi. The SMILES string of the molecule is C[Si](C)(C)CC1=CC=[C-]C1.[CH3-].[CH3-].[CH3-].[Ti+4]. The second kappa shape index (κ2) is 9.95. The van der Waals surface area contributed by atoms with Gasteiger partial charge in [0, 0.05) is 8.07 Å². The van der Waals surface area contributed by atoms with E-state index in [4.69, 9.17) is 0 Å². The molecule has 0 fully saturated rings. The maximum Gasteiger partial charge on any atom is 4.00 e. The zero-order chi connectivity index (χ0) is 7.61. The third kappa shape index (κ3) is 10.5. The molecule has 1 rings (SSSR count). The Bertz CT molecular complexity index is 175. The second-order valence-electron chi connectivity index (χ2n) is 4.11. The molecule has 0 atom stereocenters. The molecule has 0 N–H and O–H groups in total. The Labute approximate surface area is 108 Å². The van der Waals surface area contributed by atoms with E-state index in [2.05, 4.69) is 37.9 Å². The van der Waals surface area contributed by atoms with Crippen LogP contribution in [0, 0.1) is 28.4 Å². The van der Waals surface area contributed by atoms with Crippen LogP contribution in [0.5, 0.6) is 0 Å². The molecule has 80 valence electrons. The van der Waals surface area contributed by atoms with E-state index in [1.807, 2.05) is 0 Å². The standard InChI is InChI=1S/C9H15Si.3CH3.Ti/c1-10(2,3)8-9-6-4-5-7-9;;;;/h4,6H,7-8H2,1-3H3;3*1H3;/q4*-1;+4. The zero-order valence-electron chi connectivity index (χ0n) is 10.6. The third-order valence-electron chi connectivity index (χ3n) is 1.52. The van der Waals surface area contributed by atoms with Gasteiger partial charge in [0.05, 0.1) is 0 Å². The minimum atomic E-state index is -0.851. The van der Waals surface area contributed by atoms with Gasteiger partial charge in [-0.3, -0.25) is 6.08 Å². The summed E-state index contributed by atoms with van der Waals surface area (Å²) < 4.78 is 0. The molecule has 14 heavy (non-hydrogen) atoms. The Balaban J connectivity index is -0.000000125. The molecule has 0 aliphatic heterocycles. The summed E-state index contributed by atoms with van der Waals surface area (Å²) in [7, 11) is -0.851. The molecule has 0 bridgehead atoms. The first-order valence-corrected chi connectivity index (χ1v) is 7.53. The van der Waals surface area contributed by atoms with Crippen LogP contribution in [0.4, 0.5) is 0 Å². The second-order valence-corrected chi connectivity index (χ2v) is 9.58. The summed E-state index contributed by atoms with van der Waals surface area (Å²) in [4.78, 5) is 0. The van der Waals surface area contributed by atoms with Crippen molar-refractivity contribution in [3.05, 3.63) is 46.1 Å². The Hall–Kier alpha value is 0.411. The van der Waals surface area contributed by atoms with E-state index < -0.39 is 8.07 Å². The van der Waals surface area contributed by atoms with Crippen molar-refractivity contribution in [2.45, 2.75) is 32.1 Å². The van der Waals surface area contributed by atoms with E-state index in [-0.39, 0.29) is 44.0 Å². The van der Waals surface area contributed by atoms with Gasteiger partial charge in [0.2, 0.25) is 0 Å². The largest absolute Gasteiger partial charge is 4.00 e. The molecular weight excluding hydrogens is 220 g/mol. The van der Waals surface area contributed by atoms with Gasteiger partial charge in [-0.2, -0.15) is 5.57 Å². The molecule has 0 aromatic heterocycles. The molecule has 0 aromatic carbocycles. The normalized spacial score (nSPS) is 12.6. The quantitative estimate of drug-likeness (QED) is 0.500. The molecule has 1 aliphatic rings. The average molecular weight is 244 g/mol. The van der Waals surface area contributed by atoms with E-state index in [1.165, 1.54) is 6.04 Å². The number of hydrogen-bond donors (Lipinski definition) is 0. The molecule has 0 aromatic rings. The van der Waals surface area contributed by atoms with E-state index in [0.29, 0.717) is 0 Å². The fourth-order valence-corrected chi connectivity index (χ4v) is 2.83. The average Bonchev–Trinajstić information content (AvgIpc) is 2.12. The van der Waals surface area contributed by atoms with Crippen molar-refractivity contribution >= 4 is 8.07 Å². The van der Waals surface area contributed by atoms with Crippen molar-refractivity contribution < 1.29 is 21.7 Å². The van der Waals surface area contributed by atoms with Crippen molar-refractivity contribution in [2.75, 3.05) is 0 Å². The summed E-state index contributed by atoms with van der Waals surface area (Å²) in [5, 5.41) is 0. The van der Waals surface area contributed by atoms with Gasteiger partial charge in [-0.15, -0.1) is 6.42 Å². The summed E-state index contributed by atoms with van der Waals surface area (Å²) in [5.41, 5.74) is 1.58. The van der Waals surface area contributed by atoms with Crippen molar-refractivity contribution in [3.8, 4) is 0 Å². The van der Waals surface area contributed by atoms with Crippen LogP contribution in [0.2, 0.25) is 25.7 Å². The smallest absolute Gasteiger partial charge is 0.358 e. The van der Waals surface area contributed by atoms with E-state index in [1.54, 1.807) is 5.57 Å². The van der Waals surface area contributed by atoms with Crippen molar-refractivity contribution in [1.82, 2.24) is 0 Å². The summed E-state index contributed by atoms with van der Waals surface area (Å²) in [6, 6.07) is 1.34. The first-order chi connectivity index (χ1) is 4.58. The maximum atomic E-state index is 3.20. The monoisotopic (exact) mass is 244 g/mol. The summed E-state index contributed by atoms with van der Waals surface area (Å²) in [6.45, 7) is 7.23. The number of allylic oxidation sites excluding steroid dienone is 4. The molecule has 0 saturated heterocycles. The molecule has 0 unspecified atom stereocenters. The fraction of sp³-hybridized carbons (Fsp3) is 0.417. The van der Waals surface area contributed by atoms with Gasteiger partial charge in [-0.05, 0) is 0 Å². The predicted molar refractivity (Wildman–Crippen MR) is 67.9 cm³/mol. The molecule has 1 aliphatic carbocycles. The first kappa shape index (κ1) is 23.9. The number of hydrogen-bond acceptors (Lipinski definition) is 0. The molecule has 2 heteroatoms. The molecule has 0 radical (unpaired) electrons. The van der Waals surface area contributed by atoms with Crippen LogP contribution in [0.25, 0.3) is 0 Å². The Morgan fingerprint density at radius 1 is 1.21 bits per heavy atom. The molecule has 0 amide bonds. The number of rotatable bonds is 2. The van der Waals surface area contributed by atoms with Crippen LogP contribution in [0.3, 0.4) is 0 Å². The van der Waals surface area contributed by atoms with Gasteiger partial charge in [0.1, 0.15) is 0 Å². The minimum Gasteiger partial charge on any atom is -0.358 e. The topological polar surface area (TPSA) is 0 Å². The Morgan fingerprint density at radius 2 is 1.71 bits per heavy atom.